The lowest BCUT2D eigenvalue weighted by molar-refractivity contribution is 0.0858. The second-order valence-corrected chi connectivity index (χ2v) is 5.60. The quantitative estimate of drug-likeness (QED) is 0.829. The molecule has 1 aliphatic rings. The Hall–Kier alpha value is -1.72. The van der Waals surface area contributed by atoms with Crippen LogP contribution in [-0.2, 0) is 6.42 Å². The van der Waals surface area contributed by atoms with Crippen molar-refractivity contribution in [2.75, 3.05) is 0 Å². The second-order valence-electron chi connectivity index (χ2n) is 4.79. The monoisotopic (exact) mass is 332 g/mol. The standard InChI is InChI=1S/C15H13BrN2O2/c16-13-8-10(5-6-17-13)15(20)18-14-11-4-2-1-3-9(11)7-12(14)19/h1-6,8,12,14,19H,7H2,(H,18,20). The number of hydrogen-bond donors (Lipinski definition) is 2. The highest BCUT2D eigenvalue weighted by Crippen LogP contribution is 2.31. The molecule has 1 aromatic carbocycles. The van der Waals surface area contributed by atoms with Crippen LogP contribution < -0.4 is 5.32 Å². The maximum atomic E-state index is 12.2. The van der Waals surface area contributed by atoms with E-state index in [9.17, 15) is 9.90 Å². The van der Waals surface area contributed by atoms with E-state index in [2.05, 4.69) is 26.2 Å². The van der Waals surface area contributed by atoms with E-state index < -0.39 is 6.10 Å². The van der Waals surface area contributed by atoms with Gasteiger partial charge in [0.25, 0.3) is 5.91 Å². The van der Waals surface area contributed by atoms with Gasteiger partial charge in [-0.3, -0.25) is 4.79 Å². The van der Waals surface area contributed by atoms with Gasteiger partial charge in [0.1, 0.15) is 4.60 Å². The third-order valence-electron chi connectivity index (χ3n) is 3.48. The lowest BCUT2D eigenvalue weighted by atomic mass is 10.1. The van der Waals surface area contributed by atoms with Crippen LogP contribution in [0.4, 0.5) is 0 Å². The molecule has 1 amide bonds. The van der Waals surface area contributed by atoms with Crippen LogP contribution in [0.3, 0.4) is 0 Å². The Morgan fingerprint density at radius 3 is 2.95 bits per heavy atom. The third-order valence-corrected chi connectivity index (χ3v) is 3.91. The number of hydrogen-bond acceptors (Lipinski definition) is 3. The van der Waals surface area contributed by atoms with Gasteiger partial charge in [0, 0.05) is 18.2 Å². The average molecular weight is 333 g/mol. The first-order valence-corrected chi connectivity index (χ1v) is 7.13. The van der Waals surface area contributed by atoms with Crippen molar-refractivity contribution in [2.45, 2.75) is 18.6 Å². The Labute approximate surface area is 125 Å². The Morgan fingerprint density at radius 2 is 2.15 bits per heavy atom. The zero-order chi connectivity index (χ0) is 14.1. The second kappa shape index (κ2) is 5.34. The minimum Gasteiger partial charge on any atom is -0.390 e. The SMILES string of the molecule is O=C(NC1c2ccccc2CC1O)c1ccnc(Br)c1. The van der Waals surface area contributed by atoms with Crippen LogP contribution in [0.25, 0.3) is 0 Å². The number of amides is 1. The molecule has 4 nitrogen and oxygen atoms in total. The van der Waals surface area contributed by atoms with Gasteiger partial charge in [0.2, 0.25) is 0 Å². The van der Waals surface area contributed by atoms with Crippen molar-refractivity contribution in [3.8, 4) is 0 Å². The molecule has 2 atom stereocenters. The van der Waals surface area contributed by atoms with Gasteiger partial charge in [-0.1, -0.05) is 24.3 Å². The van der Waals surface area contributed by atoms with Crippen molar-refractivity contribution in [2.24, 2.45) is 0 Å². The minimum atomic E-state index is -0.582. The van der Waals surface area contributed by atoms with Crippen molar-refractivity contribution in [1.82, 2.24) is 10.3 Å². The van der Waals surface area contributed by atoms with Crippen LogP contribution in [0.2, 0.25) is 0 Å². The fourth-order valence-electron chi connectivity index (χ4n) is 2.52. The summed E-state index contributed by atoms with van der Waals surface area (Å²) in [6.45, 7) is 0. The van der Waals surface area contributed by atoms with E-state index in [1.165, 1.54) is 0 Å². The fourth-order valence-corrected chi connectivity index (χ4v) is 2.88. The number of rotatable bonds is 2. The maximum Gasteiger partial charge on any atom is 0.252 e. The Kier molecular flexibility index (Phi) is 3.54. The largest absolute Gasteiger partial charge is 0.390 e. The summed E-state index contributed by atoms with van der Waals surface area (Å²) in [5.41, 5.74) is 2.59. The number of pyridine rings is 1. The summed E-state index contributed by atoms with van der Waals surface area (Å²) >= 11 is 3.24. The highest BCUT2D eigenvalue weighted by molar-refractivity contribution is 9.10. The number of halogens is 1. The number of carbonyl (C=O) groups is 1. The molecule has 102 valence electrons. The highest BCUT2D eigenvalue weighted by Gasteiger charge is 2.31. The van der Waals surface area contributed by atoms with Crippen LogP contribution in [0.15, 0.2) is 47.2 Å². The predicted octanol–water partition coefficient (Wildman–Crippen LogP) is 2.23. The van der Waals surface area contributed by atoms with E-state index in [1.54, 1.807) is 18.3 Å². The zero-order valence-corrected chi connectivity index (χ0v) is 12.2. The third kappa shape index (κ3) is 2.46. The fraction of sp³-hybridized carbons (Fsp3) is 0.200. The van der Waals surface area contributed by atoms with E-state index in [0.717, 1.165) is 11.1 Å². The summed E-state index contributed by atoms with van der Waals surface area (Å²) < 4.78 is 0.609. The van der Waals surface area contributed by atoms with E-state index in [-0.39, 0.29) is 11.9 Å². The van der Waals surface area contributed by atoms with Crippen molar-refractivity contribution >= 4 is 21.8 Å². The summed E-state index contributed by atoms with van der Waals surface area (Å²) in [7, 11) is 0. The molecule has 1 heterocycles. The highest BCUT2D eigenvalue weighted by atomic mass is 79.9. The predicted molar refractivity (Wildman–Crippen MR) is 78.3 cm³/mol. The number of aliphatic hydroxyl groups excluding tert-OH is 1. The molecule has 1 aliphatic carbocycles. The van der Waals surface area contributed by atoms with Gasteiger partial charge in [0.15, 0.2) is 0 Å². The summed E-state index contributed by atoms with van der Waals surface area (Å²) in [5, 5.41) is 13.0. The van der Waals surface area contributed by atoms with Crippen LogP contribution >= 0.6 is 15.9 Å². The van der Waals surface area contributed by atoms with Gasteiger partial charge in [-0.05, 0) is 39.2 Å². The molecular weight excluding hydrogens is 320 g/mol. The first kappa shape index (κ1) is 13.3. The summed E-state index contributed by atoms with van der Waals surface area (Å²) in [4.78, 5) is 16.2. The van der Waals surface area contributed by atoms with Crippen LogP contribution in [0.1, 0.15) is 27.5 Å². The molecule has 0 saturated heterocycles. The molecule has 0 aliphatic heterocycles. The number of nitrogens with one attached hydrogen (secondary N) is 1. The van der Waals surface area contributed by atoms with E-state index in [4.69, 9.17) is 0 Å². The van der Waals surface area contributed by atoms with Crippen molar-refractivity contribution in [3.05, 3.63) is 63.9 Å². The number of benzene rings is 1. The topological polar surface area (TPSA) is 62.2 Å². The Balaban J connectivity index is 1.83. The van der Waals surface area contributed by atoms with Gasteiger partial charge in [-0.25, -0.2) is 4.98 Å². The number of aliphatic hydroxyl groups is 1. The van der Waals surface area contributed by atoms with Gasteiger partial charge in [-0.15, -0.1) is 0 Å². The number of carbonyl (C=O) groups excluding carboxylic acids is 1. The Bertz CT molecular complexity index is 660. The number of aromatic nitrogens is 1. The van der Waals surface area contributed by atoms with Crippen molar-refractivity contribution in [3.63, 3.8) is 0 Å². The molecule has 3 rings (SSSR count). The van der Waals surface area contributed by atoms with Gasteiger partial charge < -0.3 is 10.4 Å². The van der Waals surface area contributed by atoms with E-state index in [1.807, 2.05) is 24.3 Å². The van der Waals surface area contributed by atoms with E-state index in [0.29, 0.717) is 16.6 Å². The lowest BCUT2D eigenvalue weighted by Gasteiger charge is -2.18. The average Bonchev–Trinajstić information content (AvgIpc) is 2.75. The molecule has 5 heteroatoms. The molecule has 0 radical (unpaired) electrons. The minimum absolute atomic E-state index is 0.214. The lowest BCUT2D eigenvalue weighted by Crippen LogP contribution is -2.33. The van der Waals surface area contributed by atoms with Crippen LogP contribution in [-0.4, -0.2) is 22.1 Å². The summed E-state index contributed by atoms with van der Waals surface area (Å²) in [5.74, 6) is -0.214. The van der Waals surface area contributed by atoms with Crippen LogP contribution in [0.5, 0.6) is 0 Å². The van der Waals surface area contributed by atoms with Crippen molar-refractivity contribution < 1.29 is 9.90 Å². The first-order chi connectivity index (χ1) is 9.65. The molecule has 0 spiro atoms. The molecule has 2 unspecified atom stereocenters. The smallest absolute Gasteiger partial charge is 0.252 e. The first-order valence-electron chi connectivity index (χ1n) is 6.33. The molecule has 0 bridgehead atoms. The van der Waals surface area contributed by atoms with Gasteiger partial charge >= 0.3 is 0 Å². The number of fused-ring (bicyclic) bond motifs is 1. The molecule has 1 aromatic heterocycles. The normalized spacial score (nSPS) is 20.5. The van der Waals surface area contributed by atoms with E-state index >= 15 is 0 Å². The van der Waals surface area contributed by atoms with Crippen LogP contribution in [0, 0.1) is 0 Å². The molecule has 0 saturated carbocycles. The summed E-state index contributed by atoms with van der Waals surface area (Å²) in [6.07, 6.45) is 1.56. The molecule has 2 aromatic rings. The zero-order valence-electron chi connectivity index (χ0n) is 10.6. The summed E-state index contributed by atoms with van der Waals surface area (Å²) in [6, 6.07) is 10.7. The van der Waals surface area contributed by atoms with Gasteiger partial charge in [-0.2, -0.15) is 0 Å². The molecule has 2 N–H and O–H groups in total. The van der Waals surface area contributed by atoms with Crippen molar-refractivity contribution in [1.29, 1.82) is 0 Å². The Morgan fingerprint density at radius 1 is 1.35 bits per heavy atom. The molecule has 0 fully saturated rings. The molecular formula is C15H13BrN2O2. The number of nitrogens with zero attached hydrogens (tertiary/aromatic N) is 1. The maximum absolute atomic E-state index is 12.2. The van der Waals surface area contributed by atoms with Gasteiger partial charge in [0.05, 0.1) is 12.1 Å². The molecule has 20 heavy (non-hydrogen) atoms.